The van der Waals surface area contributed by atoms with Crippen LogP contribution in [0.3, 0.4) is 0 Å². The highest BCUT2D eigenvalue weighted by Crippen LogP contribution is 2.26. The molecule has 7 nitrogen and oxygen atoms in total. The van der Waals surface area contributed by atoms with Gasteiger partial charge in [-0.2, -0.15) is 0 Å². The number of carbonyl (C=O) groups excluding carboxylic acids is 2. The van der Waals surface area contributed by atoms with Crippen LogP contribution in [0.1, 0.15) is 30.0 Å². The van der Waals surface area contributed by atoms with E-state index in [4.69, 9.17) is 0 Å². The van der Waals surface area contributed by atoms with Crippen LogP contribution in [0.4, 0.5) is 10.1 Å². The Hall–Kier alpha value is -3.85. The van der Waals surface area contributed by atoms with E-state index in [9.17, 15) is 14.0 Å². The topological polar surface area (TPSA) is 80.1 Å². The van der Waals surface area contributed by atoms with Crippen LogP contribution in [-0.4, -0.2) is 38.0 Å². The van der Waals surface area contributed by atoms with E-state index in [1.165, 1.54) is 35.1 Å². The Morgan fingerprint density at radius 2 is 1.94 bits per heavy atom. The first-order chi connectivity index (χ1) is 16.0. The summed E-state index contributed by atoms with van der Waals surface area (Å²) in [5.74, 6) is -0.554. The molecule has 1 N–H and O–H groups in total. The number of hydrogen-bond donors (Lipinski definition) is 1. The molecular weight excluding hydrogens is 441 g/mol. The van der Waals surface area contributed by atoms with E-state index in [1.54, 1.807) is 29.2 Å². The van der Waals surface area contributed by atoms with Crippen molar-refractivity contribution in [3.05, 3.63) is 83.2 Å². The molecule has 0 aliphatic carbocycles. The molecule has 168 valence electrons. The number of halogens is 1. The van der Waals surface area contributed by atoms with E-state index >= 15 is 0 Å². The third-order valence-electron chi connectivity index (χ3n) is 5.06. The second kappa shape index (κ2) is 9.74. The van der Waals surface area contributed by atoms with Crippen LogP contribution in [-0.2, 0) is 11.3 Å². The summed E-state index contributed by atoms with van der Waals surface area (Å²) in [7, 11) is 0. The highest BCUT2D eigenvalue weighted by molar-refractivity contribution is 7.13. The lowest BCUT2D eigenvalue weighted by atomic mass is 10.1. The molecule has 0 fully saturated rings. The first kappa shape index (κ1) is 22.3. The lowest BCUT2D eigenvalue weighted by Crippen LogP contribution is -2.28. The highest BCUT2D eigenvalue weighted by atomic mass is 32.1. The van der Waals surface area contributed by atoms with Gasteiger partial charge in [-0.1, -0.05) is 30.3 Å². The van der Waals surface area contributed by atoms with Crippen molar-refractivity contribution in [1.29, 1.82) is 0 Å². The molecule has 0 bridgehead atoms. The summed E-state index contributed by atoms with van der Waals surface area (Å²) in [5, 5.41) is 9.13. The summed E-state index contributed by atoms with van der Waals surface area (Å²) in [6.07, 6.45) is 0. The van der Waals surface area contributed by atoms with Crippen molar-refractivity contribution in [1.82, 2.24) is 19.7 Å². The van der Waals surface area contributed by atoms with Crippen LogP contribution in [0.5, 0.6) is 0 Å². The predicted octanol–water partition coefficient (Wildman–Crippen LogP) is 4.76. The molecule has 0 radical (unpaired) electrons. The van der Waals surface area contributed by atoms with E-state index < -0.39 is 11.7 Å². The number of carbonyl (C=O) groups is 2. The molecule has 0 aliphatic heterocycles. The Morgan fingerprint density at radius 3 is 2.64 bits per heavy atom. The number of rotatable bonds is 7. The fourth-order valence-corrected chi connectivity index (χ4v) is 4.07. The van der Waals surface area contributed by atoms with E-state index in [0.29, 0.717) is 30.3 Å². The monoisotopic (exact) mass is 463 g/mol. The first-order valence-electron chi connectivity index (χ1n) is 10.4. The van der Waals surface area contributed by atoms with Gasteiger partial charge < -0.3 is 10.2 Å². The van der Waals surface area contributed by atoms with Crippen LogP contribution in [0.15, 0.2) is 66.0 Å². The average molecular weight is 464 g/mol. The number of nitrogens with one attached hydrogen (secondary N) is 1. The van der Waals surface area contributed by atoms with Gasteiger partial charge in [0.05, 0.1) is 10.6 Å². The molecule has 0 aliphatic rings. The molecule has 2 amide bonds. The maximum atomic E-state index is 13.8. The molecule has 4 rings (SSSR count). The number of aromatic nitrogens is 3. The SMILES string of the molecule is CCN(Cc1ccccc1NC(=O)c1nc(-c2cccs2)n(-c2cccc(F)c2)n1)C(C)=O. The molecule has 0 saturated heterocycles. The molecule has 2 aromatic carbocycles. The summed E-state index contributed by atoms with van der Waals surface area (Å²) in [4.78, 5) is 31.9. The van der Waals surface area contributed by atoms with Gasteiger partial charge in [0.25, 0.3) is 5.91 Å². The minimum Gasteiger partial charge on any atom is -0.339 e. The zero-order chi connectivity index (χ0) is 23.4. The third-order valence-corrected chi connectivity index (χ3v) is 5.92. The van der Waals surface area contributed by atoms with Crippen LogP contribution in [0.2, 0.25) is 0 Å². The molecule has 9 heteroatoms. The van der Waals surface area contributed by atoms with Crippen molar-refractivity contribution in [3.63, 3.8) is 0 Å². The second-order valence-electron chi connectivity index (χ2n) is 7.27. The van der Waals surface area contributed by atoms with Gasteiger partial charge in [-0.25, -0.2) is 14.1 Å². The average Bonchev–Trinajstić information content (AvgIpc) is 3.48. The van der Waals surface area contributed by atoms with Crippen molar-refractivity contribution in [2.75, 3.05) is 11.9 Å². The summed E-state index contributed by atoms with van der Waals surface area (Å²) < 4.78 is 15.3. The van der Waals surface area contributed by atoms with Gasteiger partial charge in [-0.15, -0.1) is 16.4 Å². The van der Waals surface area contributed by atoms with Crippen LogP contribution < -0.4 is 5.32 Å². The largest absolute Gasteiger partial charge is 0.339 e. The van der Waals surface area contributed by atoms with Gasteiger partial charge in [0, 0.05) is 25.7 Å². The highest BCUT2D eigenvalue weighted by Gasteiger charge is 2.21. The standard InChI is InChI=1S/C24H22FN5O2S/c1-3-29(16(2)31)15-17-8-4-5-11-20(17)26-24(32)22-27-23(21-12-7-13-33-21)30(28-22)19-10-6-9-18(25)14-19/h4-14H,3,15H2,1-2H3,(H,26,32). The number of hydrogen-bond acceptors (Lipinski definition) is 5. The van der Waals surface area contributed by atoms with E-state index in [0.717, 1.165) is 10.4 Å². The molecule has 0 atom stereocenters. The van der Waals surface area contributed by atoms with Crippen molar-refractivity contribution < 1.29 is 14.0 Å². The molecule has 0 unspecified atom stereocenters. The molecule has 4 aromatic rings. The third kappa shape index (κ3) is 4.98. The van der Waals surface area contributed by atoms with E-state index in [-0.39, 0.29) is 11.7 Å². The number of para-hydroxylation sites is 1. The summed E-state index contributed by atoms with van der Waals surface area (Å²) >= 11 is 1.45. The molecule has 2 heterocycles. The van der Waals surface area contributed by atoms with Crippen molar-refractivity contribution in [3.8, 4) is 16.4 Å². The minimum atomic E-state index is -0.499. The predicted molar refractivity (Wildman–Crippen MR) is 126 cm³/mol. The van der Waals surface area contributed by atoms with E-state index in [2.05, 4.69) is 15.4 Å². The maximum Gasteiger partial charge on any atom is 0.295 e. The first-order valence-corrected chi connectivity index (χ1v) is 11.3. The van der Waals surface area contributed by atoms with Crippen molar-refractivity contribution >= 4 is 28.8 Å². The van der Waals surface area contributed by atoms with Crippen molar-refractivity contribution in [2.45, 2.75) is 20.4 Å². The van der Waals surface area contributed by atoms with Crippen molar-refractivity contribution in [2.24, 2.45) is 0 Å². The van der Waals surface area contributed by atoms with Gasteiger partial charge in [-0.05, 0) is 48.2 Å². The molecule has 0 saturated carbocycles. The van der Waals surface area contributed by atoms with Gasteiger partial charge in [0.1, 0.15) is 5.82 Å². The second-order valence-corrected chi connectivity index (χ2v) is 8.22. The molecular formula is C24H22FN5O2S. The fraction of sp³-hybridized carbons (Fsp3) is 0.167. The molecule has 33 heavy (non-hydrogen) atoms. The number of amides is 2. The Labute approximate surface area is 194 Å². The maximum absolute atomic E-state index is 13.8. The quantitative estimate of drug-likeness (QED) is 0.429. The number of nitrogens with zero attached hydrogens (tertiary/aromatic N) is 4. The summed E-state index contributed by atoms with van der Waals surface area (Å²) in [6.45, 7) is 4.34. The molecule has 2 aromatic heterocycles. The van der Waals surface area contributed by atoms with Gasteiger partial charge in [0.15, 0.2) is 5.82 Å². The number of benzene rings is 2. The van der Waals surface area contributed by atoms with Gasteiger partial charge in [-0.3, -0.25) is 9.59 Å². The normalized spacial score (nSPS) is 10.8. The minimum absolute atomic E-state index is 0.0450. The zero-order valence-corrected chi connectivity index (χ0v) is 19.0. The Balaban J connectivity index is 1.66. The summed E-state index contributed by atoms with van der Waals surface area (Å²) in [5.41, 5.74) is 1.83. The fourth-order valence-electron chi connectivity index (χ4n) is 3.37. The van der Waals surface area contributed by atoms with Gasteiger partial charge >= 0.3 is 0 Å². The lowest BCUT2D eigenvalue weighted by molar-refractivity contribution is -0.129. The zero-order valence-electron chi connectivity index (χ0n) is 18.2. The summed E-state index contributed by atoms with van der Waals surface area (Å²) in [6, 6.07) is 17.0. The van der Waals surface area contributed by atoms with Crippen LogP contribution >= 0.6 is 11.3 Å². The van der Waals surface area contributed by atoms with Gasteiger partial charge in [0.2, 0.25) is 11.7 Å². The number of thiophene rings is 1. The Kier molecular flexibility index (Phi) is 6.60. The molecule has 0 spiro atoms. The Bertz CT molecular complexity index is 1290. The number of anilines is 1. The van der Waals surface area contributed by atoms with E-state index in [1.807, 2.05) is 36.6 Å². The van der Waals surface area contributed by atoms with Crippen LogP contribution in [0, 0.1) is 5.82 Å². The lowest BCUT2D eigenvalue weighted by Gasteiger charge is -2.20. The Morgan fingerprint density at radius 1 is 1.12 bits per heavy atom. The smallest absolute Gasteiger partial charge is 0.295 e. The van der Waals surface area contributed by atoms with Crippen LogP contribution in [0.25, 0.3) is 16.4 Å².